The first kappa shape index (κ1) is 13.8. The van der Waals surface area contributed by atoms with Gasteiger partial charge in [0.05, 0.1) is 6.54 Å². The molecule has 0 aliphatic heterocycles. The first-order chi connectivity index (χ1) is 6.70. The minimum absolute atomic E-state index is 0.185. The van der Waals surface area contributed by atoms with Gasteiger partial charge in [-0.05, 0) is 37.4 Å². The van der Waals surface area contributed by atoms with Gasteiger partial charge >= 0.3 is 5.97 Å². The largest absolute Gasteiger partial charge is 0.480 e. The van der Waals surface area contributed by atoms with Crippen LogP contribution in [0.2, 0.25) is 0 Å². The molecule has 0 aromatic rings. The van der Waals surface area contributed by atoms with Crippen LogP contribution in [0.4, 0.5) is 0 Å². The van der Waals surface area contributed by atoms with Crippen LogP contribution in [0, 0.1) is 0 Å². The summed E-state index contributed by atoms with van der Waals surface area (Å²) in [6.07, 6.45) is 2.11. The highest BCUT2D eigenvalue weighted by Gasteiger charge is 2.07. The van der Waals surface area contributed by atoms with E-state index in [1.807, 2.05) is 16.7 Å². The summed E-state index contributed by atoms with van der Waals surface area (Å²) in [4.78, 5) is 12.5. The van der Waals surface area contributed by atoms with Crippen molar-refractivity contribution in [3.8, 4) is 0 Å². The molecule has 0 aromatic carbocycles. The lowest BCUT2D eigenvalue weighted by Crippen LogP contribution is -2.31. The number of hydrogen-bond acceptors (Lipinski definition) is 3. The van der Waals surface area contributed by atoms with Crippen molar-refractivity contribution in [1.29, 1.82) is 0 Å². The lowest BCUT2D eigenvalue weighted by molar-refractivity contribution is -0.138. The summed E-state index contributed by atoms with van der Waals surface area (Å²) in [7, 11) is 0. The van der Waals surface area contributed by atoms with Crippen molar-refractivity contribution in [1.82, 2.24) is 4.90 Å². The highest BCUT2D eigenvalue weighted by molar-refractivity contribution is 7.99. The molecule has 0 spiro atoms. The minimum Gasteiger partial charge on any atom is -0.480 e. The molecular weight excluding hydrogens is 198 g/mol. The maximum Gasteiger partial charge on any atom is 0.317 e. The summed E-state index contributed by atoms with van der Waals surface area (Å²) >= 11 is 1.91. The second kappa shape index (κ2) is 9.34. The number of hydrogen-bond donors (Lipinski definition) is 1. The molecule has 0 radical (unpaired) electrons. The quantitative estimate of drug-likeness (QED) is 0.602. The van der Waals surface area contributed by atoms with E-state index in [2.05, 4.69) is 13.8 Å². The molecule has 84 valence electrons. The van der Waals surface area contributed by atoms with Crippen LogP contribution in [-0.2, 0) is 4.79 Å². The Labute approximate surface area is 90.9 Å². The molecule has 4 heteroatoms. The fourth-order valence-electron chi connectivity index (χ4n) is 1.31. The maximum absolute atomic E-state index is 10.5. The topological polar surface area (TPSA) is 40.5 Å². The van der Waals surface area contributed by atoms with Crippen LogP contribution < -0.4 is 0 Å². The van der Waals surface area contributed by atoms with Gasteiger partial charge in [-0.2, -0.15) is 11.8 Å². The van der Waals surface area contributed by atoms with Crippen LogP contribution in [0.3, 0.4) is 0 Å². The Kier molecular flexibility index (Phi) is 9.19. The number of nitrogens with zero attached hydrogens (tertiary/aromatic N) is 1. The van der Waals surface area contributed by atoms with E-state index in [0.717, 1.165) is 37.4 Å². The monoisotopic (exact) mass is 219 g/mol. The molecule has 0 saturated heterocycles. The third kappa shape index (κ3) is 8.38. The molecule has 0 rings (SSSR count). The van der Waals surface area contributed by atoms with Crippen molar-refractivity contribution in [2.45, 2.75) is 26.7 Å². The third-order valence-electron chi connectivity index (χ3n) is 1.87. The molecule has 0 atom stereocenters. The van der Waals surface area contributed by atoms with Crippen LogP contribution in [0.15, 0.2) is 0 Å². The normalized spacial score (nSPS) is 10.8. The van der Waals surface area contributed by atoms with Gasteiger partial charge in [0.15, 0.2) is 0 Å². The first-order valence-corrected chi connectivity index (χ1v) is 6.38. The van der Waals surface area contributed by atoms with E-state index in [0.29, 0.717) is 0 Å². The molecule has 0 heterocycles. The van der Waals surface area contributed by atoms with E-state index in [1.54, 1.807) is 0 Å². The Hall–Kier alpha value is -0.220. The van der Waals surface area contributed by atoms with Gasteiger partial charge < -0.3 is 5.11 Å². The molecule has 14 heavy (non-hydrogen) atoms. The van der Waals surface area contributed by atoms with Crippen LogP contribution in [-0.4, -0.2) is 47.1 Å². The lowest BCUT2D eigenvalue weighted by Gasteiger charge is -2.18. The SMILES string of the molecule is CCCN(CCCSCC)CC(=O)O. The van der Waals surface area contributed by atoms with Gasteiger partial charge in [0.1, 0.15) is 0 Å². The highest BCUT2D eigenvalue weighted by atomic mass is 32.2. The van der Waals surface area contributed by atoms with Gasteiger partial charge in [0.2, 0.25) is 0 Å². The zero-order chi connectivity index (χ0) is 10.8. The molecule has 0 aliphatic rings. The molecule has 0 saturated carbocycles. The number of carbonyl (C=O) groups is 1. The smallest absolute Gasteiger partial charge is 0.317 e. The van der Waals surface area contributed by atoms with Crippen molar-refractivity contribution in [3.63, 3.8) is 0 Å². The van der Waals surface area contributed by atoms with Crippen molar-refractivity contribution in [2.24, 2.45) is 0 Å². The fraction of sp³-hybridized carbons (Fsp3) is 0.900. The summed E-state index contributed by atoms with van der Waals surface area (Å²) in [6.45, 7) is 6.21. The van der Waals surface area contributed by atoms with Gasteiger partial charge in [0, 0.05) is 0 Å². The maximum atomic E-state index is 10.5. The first-order valence-electron chi connectivity index (χ1n) is 5.22. The number of carboxylic acids is 1. The third-order valence-corrected chi connectivity index (χ3v) is 2.85. The average molecular weight is 219 g/mol. The van der Waals surface area contributed by atoms with Crippen LogP contribution in [0.5, 0.6) is 0 Å². The van der Waals surface area contributed by atoms with Gasteiger partial charge in [-0.25, -0.2) is 0 Å². The summed E-state index contributed by atoms with van der Waals surface area (Å²) in [5.41, 5.74) is 0. The predicted octanol–water partition coefficient (Wildman–Crippen LogP) is 1.93. The number of carboxylic acid groups (broad SMARTS) is 1. The molecule has 1 N–H and O–H groups in total. The lowest BCUT2D eigenvalue weighted by atomic mass is 10.3. The molecule has 0 amide bonds. The Bertz CT molecular complexity index is 153. The van der Waals surface area contributed by atoms with Crippen molar-refractivity contribution in [3.05, 3.63) is 0 Å². The van der Waals surface area contributed by atoms with Crippen LogP contribution in [0.25, 0.3) is 0 Å². The molecule has 0 unspecified atom stereocenters. The van der Waals surface area contributed by atoms with Crippen molar-refractivity contribution < 1.29 is 9.90 Å². The molecule has 0 bridgehead atoms. The second-order valence-electron chi connectivity index (χ2n) is 3.22. The fourth-order valence-corrected chi connectivity index (χ4v) is 1.93. The molecular formula is C10H21NO2S. The van der Waals surface area contributed by atoms with Crippen molar-refractivity contribution >= 4 is 17.7 Å². The number of aliphatic carboxylic acids is 1. The number of thioether (sulfide) groups is 1. The predicted molar refractivity (Wildman–Crippen MR) is 62.0 cm³/mol. The van der Waals surface area contributed by atoms with Crippen LogP contribution in [0.1, 0.15) is 26.7 Å². The second-order valence-corrected chi connectivity index (χ2v) is 4.61. The molecule has 0 aliphatic carbocycles. The van der Waals surface area contributed by atoms with E-state index in [-0.39, 0.29) is 6.54 Å². The highest BCUT2D eigenvalue weighted by Crippen LogP contribution is 2.02. The van der Waals surface area contributed by atoms with E-state index in [9.17, 15) is 4.79 Å². The van der Waals surface area contributed by atoms with Gasteiger partial charge in [0.25, 0.3) is 0 Å². The molecule has 3 nitrogen and oxygen atoms in total. The molecule has 0 fully saturated rings. The van der Waals surface area contributed by atoms with E-state index >= 15 is 0 Å². The van der Waals surface area contributed by atoms with Gasteiger partial charge in [-0.15, -0.1) is 0 Å². The Morgan fingerprint density at radius 1 is 1.36 bits per heavy atom. The number of rotatable bonds is 9. The average Bonchev–Trinajstić information content (AvgIpc) is 2.12. The minimum atomic E-state index is -0.721. The summed E-state index contributed by atoms with van der Waals surface area (Å²) in [6, 6.07) is 0. The zero-order valence-electron chi connectivity index (χ0n) is 9.16. The van der Waals surface area contributed by atoms with Gasteiger partial charge in [-0.1, -0.05) is 13.8 Å². The zero-order valence-corrected chi connectivity index (χ0v) is 9.98. The van der Waals surface area contributed by atoms with E-state index in [4.69, 9.17) is 5.11 Å². The standard InChI is InChI=1S/C10H21NO2S/c1-3-6-11(9-10(12)13)7-5-8-14-4-2/h3-9H2,1-2H3,(H,12,13). The Balaban J connectivity index is 3.56. The van der Waals surface area contributed by atoms with Gasteiger partial charge in [-0.3, -0.25) is 9.69 Å². The summed E-state index contributed by atoms with van der Waals surface area (Å²) in [5, 5.41) is 8.67. The van der Waals surface area contributed by atoms with E-state index < -0.39 is 5.97 Å². The van der Waals surface area contributed by atoms with Crippen LogP contribution >= 0.6 is 11.8 Å². The van der Waals surface area contributed by atoms with Crippen molar-refractivity contribution in [2.75, 3.05) is 31.1 Å². The molecule has 0 aromatic heterocycles. The Morgan fingerprint density at radius 3 is 2.57 bits per heavy atom. The summed E-state index contributed by atoms with van der Waals surface area (Å²) in [5.74, 6) is 1.56. The Morgan fingerprint density at radius 2 is 2.07 bits per heavy atom. The summed E-state index contributed by atoms with van der Waals surface area (Å²) < 4.78 is 0. The van der Waals surface area contributed by atoms with E-state index in [1.165, 1.54) is 0 Å².